The smallest absolute Gasteiger partial charge is 0.265 e. The second-order valence-electron chi connectivity index (χ2n) is 2.32. The van der Waals surface area contributed by atoms with Crippen molar-refractivity contribution in [2.75, 3.05) is 12.4 Å². The van der Waals surface area contributed by atoms with Crippen molar-refractivity contribution in [3.63, 3.8) is 0 Å². The zero-order valence-electron chi connectivity index (χ0n) is 6.56. The lowest BCUT2D eigenvalue weighted by Crippen LogP contribution is -2.12. The Morgan fingerprint density at radius 3 is 2.64 bits per heavy atom. The van der Waals surface area contributed by atoms with Crippen LogP contribution < -0.4 is 11.1 Å². The molecule has 0 fully saturated rings. The Hall–Kier alpha value is -1.45. The number of aromatic amines is 1. The van der Waals surface area contributed by atoms with Crippen LogP contribution in [0.2, 0.25) is 0 Å². The number of rotatable bonds is 2. The molecule has 0 radical (unpaired) electrons. The maximum absolute atomic E-state index is 10.7. The van der Waals surface area contributed by atoms with Crippen molar-refractivity contribution in [1.82, 2.24) is 4.98 Å². The number of hydrogen-bond donors (Lipinski definition) is 3. The van der Waals surface area contributed by atoms with Crippen molar-refractivity contribution in [2.24, 2.45) is 5.73 Å². The van der Waals surface area contributed by atoms with Gasteiger partial charge in [0, 0.05) is 18.8 Å². The van der Waals surface area contributed by atoms with Gasteiger partial charge in [-0.05, 0) is 6.92 Å². The van der Waals surface area contributed by atoms with E-state index in [4.69, 9.17) is 5.73 Å². The maximum Gasteiger partial charge on any atom is 0.265 e. The van der Waals surface area contributed by atoms with Gasteiger partial charge in [-0.1, -0.05) is 0 Å². The van der Waals surface area contributed by atoms with Crippen molar-refractivity contribution in [1.29, 1.82) is 0 Å². The van der Waals surface area contributed by atoms with E-state index in [0.717, 1.165) is 11.3 Å². The molecule has 0 aliphatic carbocycles. The third kappa shape index (κ3) is 1.19. The lowest BCUT2D eigenvalue weighted by Gasteiger charge is -1.96. The minimum absolute atomic E-state index is 0.427. The zero-order valence-corrected chi connectivity index (χ0v) is 6.56. The third-order valence-corrected chi connectivity index (χ3v) is 1.66. The number of hydrogen-bond acceptors (Lipinski definition) is 2. The predicted octanol–water partition coefficient (Wildman–Crippen LogP) is 0.464. The summed E-state index contributed by atoms with van der Waals surface area (Å²) in [4.78, 5) is 13.5. The topological polar surface area (TPSA) is 70.9 Å². The van der Waals surface area contributed by atoms with Gasteiger partial charge in [0.25, 0.3) is 5.91 Å². The Labute approximate surface area is 64.8 Å². The summed E-state index contributed by atoms with van der Waals surface area (Å²) >= 11 is 0. The number of aromatic nitrogens is 1. The Morgan fingerprint density at radius 1 is 1.73 bits per heavy atom. The molecule has 0 aliphatic rings. The predicted molar refractivity (Wildman–Crippen MR) is 43.6 cm³/mol. The highest BCUT2D eigenvalue weighted by molar-refractivity contribution is 5.94. The normalized spacial score (nSPS) is 9.64. The van der Waals surface area contributed by atoms with Gasteiger partial charge in [0.1, 0.15) is 5.69 Å². The van der Waals surface area contributed by atoms with Crippen LogP contribution in [-0.4, -0.2) is 17.9 Å². The molecule has 0 aromatic carbocycles. The van der Waals surface area contributed by atoms with Gasteiger partial charge in [0.05, 0.1) is 5.69 Å². The highest BCUT2D eigenvalue weighted by Crippen LogP contribution is 2.16. The van der Waals surface area contributed by atoms with E-state index in [0.29, 0.717) is 5.69 Å². The fourth-order valence-electron chi connectivity index (χ4n) is 1.01. The summed E-state index contributed by atoms with van der Waals surface area (Å²) in [6.45, 7) is 1.84. The van der Waals surface area contributed by atoms with E-state index >= 15 is 0 Å². The van der Waals surface area contributed by atoms with Crippen molar-refractivity contribution in [2.45, 2.75) is 6.92 Å². The van der Waals surface area contributed by atoms with Gasteiger partial charge in [-0.25, -0.2) is 0 Å². The van der Waals surface area contributed by atoms with Crippen molar-refractivity contribution >= 4 is 11.6 Å². The lowest BCUT2D eigenvalue weighted by molar-refractivity contribution is 0.0995. The molecule has 0 spiro atoms. The Morgan fingerprint density at radius 2 is 2.36 bits per heavy atom. The first-order valence-corrected chi connectivity index (χ1v) is 3.32. The summed E-state index contributed by atoms with van der Waals surface area (Å²) in [7, 11) is 1.79. The van der Waals surface area contributed by atoms with Crippen LogP contribution in [0.3, 0.4) is 0 Å². The van der Waals surface area contributed by atoms with Gasteiger partial charge in [-0.2, -0.15) is 0 Å². The van der Waals surface area contributed by atoms with E-state index in [1.165, 1.54) is 0 Å². The highest BCUT2D eigenvalue weighted by Gasteiger charge is 2.09. The van der Waals surface area contributed by atoms with E-state index in [1.807, 2.05) is 6.92 Å². The Balaban J connectivity index is 3.10. The van der Waals surface area contributed by atoms with Crippen LogP contribution in [0.25, 0.3) is 0 Å². The van der Waals surface area contributed by atoms with Gasteiger partial charge >= 0.3 is 0 Å². The van der Waals surface area contributed by atoms with Crippen LogP contribution in [0.5, 0.6) is 0 Å². The van der Waals surface area contributed by atoms with Gasteiger partial charge in [-0.15, -0.1) is 0 Å². The summed E-state index contributed by atoms with van der Waals surface area (Å²) in [5.74, 6) is -0.427. The molecule has 0 saturated carbocycles. The first-order chi connectivity index (χ1) is 5.16. The van der Waals surface area contributed by atoms with Gasteiger partial charge in [0.2, 0.25) is 0 Å². The molecule has 1 aromatic rings. The first kappa shape index (κ1) is 7.65. The second-order valence-corrected chi connectivity index (χ2v) is 2.32. The summed E-state index contributed by atoms with van der Waals surface area (Å²) < 4.78 is 0. The molecule has 0 atom stereocenters. The molecule has 1 rings (SSSR count). The quantitative estimate of drug-likeness (QED) is 0.577. The summed E-state index contributed by atoms with van der Waals surface area (Å²) in [5.41, 5.74) is 7.31. The summed E-state index contributed by atoms with van der Waals surface area (Å²) in [5, 5.41) is 2.93. The van der Waals surface area contributed by atoms with E-state index in [1.54, 1.807) is 13.2 Å². The third-order valence-electron chi connectivity index (χ3n) is 1.66. The highest BCUT2D eigenvalue weighted by atomic mass is 16.1. The van der Waals surface area contributed by atoms with Gasteiger partial charge < -0.3 is 16.0 Å². The molecule has 1 heterocycles. The van der Waals surface area contributed by atoms with E-state index in [-0.39, 0.29) is 0 Å². The van der Waals surface area contributed by atoms with Crippen molar-refractivity contribution in [3.05, 3.63) is 17.5 Å². The average molecular weight is 153 g/mol. The van der Waals surface area contributed by atoms with E-state index < -0.39 is 5.91 Å². The zero-order chi connectivity index (χ0) is 8.43. The Bertz CT molecular complexity index is 277. The SMILES string of the molecule is CNc1c[nH]c(C(N)=O)c1C. The first-order valence-electron chi connectivity index (χ1n) is 3.32. The Kier molecular flexibility index (Phi) is 1.85. The lowest BCUT2D eigenvalue weighted by atomic mass is 10.2. The van der Waals surface area contributed by atoms with Crippen molar-refractivity contribution in [3.8, 4) is 0 Å². The molecule has 4 N–H and O–H groups in total. The number of carbonyl (C=O) groups excluding carboxylic acids is 1. The summed E-state index contributed by atoms with van der Waals surface area (Å²) in [6.07, 6.45) is 1.72. The standard InChI is InChI=1S/C7H11N3O/c1-4-5(9-2)3-10-6(4)7(8)11/h3,9-10H,1-2H3,(H2,8,11). The molecule has 1 amide bonds. The fraction of sp³-hybridized carbons (Fsp3) is 0.286. The number of amides is 1. The molecule has 0 bridgehead atoms. The maximum atomic E-state index is 10.7. The van der Waals surface area contributed by atoms with Crippen LogP contribution in [0, 0.1) is 6.92 Å². The van der Waals surface area contributed by atoms with Crippen LogP contribution in [0.15, 0.2) is 6.20 Å². The molecule has 4 nitrogen and oxygen atoms in total. The minimum Gasteiger partial charge on any atom is -0.387 e. The second kappa shape index (κ2) is 2.65. The molecular formula is C7H11N3O. The molecule has 0 aliphatic heterocycles. The minimum atomic E-state index is -0.427. The van der Waals surface area contributed by atoms with Crippen LogP contribution in [0.1, 0.15) is 16.1 Å². The molecular weight excluding hydrogens is 142 g/mol. The van der Waals surface area contributed by atoms with Gasteiger partial charge in [-0.3, -0.25) is 4.79 Å². The van der Waals surface area contributed by atoms with Gasteiger partial charge in [0.15, 0.2) is 0 Å². The molecule has 60 valence electrons. The fourth-order valence-corrected chi connectivity index (χ4v) is 1.01. The van der Waals surface area contributed by atoms with Crippen molar-refractivity contribution < 1.29 is 4.79 Å². The number of H-pyrrole nitrogens is 1. The number of nitrogens with one attached hydrogen (secondary N) is 2. The van der Waals surface area contributed by atoms with Crippen LogP contribution >= 0.6 is 0 Å². The molecule has 0 saturated heterocycles. The number of carbonyl (C=O) groups is 1. The molecule has 4 heteroatoms. The molecule has 0 unspecified atom stereocenters. The summed E-state index contributed by atoms with van der Waals surface area (Å²) in [6, 6.07) is 0. The monoisotopic (exact) mass is 153 g/mol. The molecule has 1 aromatic heterocycles. The average Bonchev–Trinajstić information content (AvgIpc) is 2.30. The van der Waals surface area contributed by atoms with E-state index in [9.17, 15) is 4.79 Å². The van der Waals surface area contributed by atoms with E-state index in [2.05, 4.69) is 10.3 Å². The number of anilines is 1. The van der Waals surface area contributed by atoms with Crippen LogP contribution in [0.4, 0.5) is 5.69 Å². The largest absolute Gasteiger partial charge is 0.387 e. The van der Waals surface area contributed by atoms with Crippen LogP contribution in [-0.2, 0) is 0 Å². The number of nitrogens with two attached hydrogens (primary N) is 1. The number of primary amides is 1. The molecule has 11 heavy (non-hydrogen) atoms.